The van der Waals surface area contributed by atoms with Gasteiger partial charge in [0.25, 0.3) is 0 Å². The van der Waals surface area contributed by atoms with Crippen LogP contribution in [-0.4, -0.2) is 33.4 Å². The minimum absolute atomic E-state index is 0.0584. The Kier molecular flexibility index (Phi) is 5.99. The number of piperidine rings is 1. The monoisotopic (exact) mass is 356 g/mol. The average Bonchev–Trinajstić information content (AvgIpc) is 3.10. The van der Waals surface area contributed by atoms with Crippen LogP contribution in [0.15, 0.2) is 35.0 Å². The maximum Gasteiger partial charge on any atom is 0.225 e. The first kappa shape index (κ1) is 18.1. The van der Waals surface area contributed by atoms with Crippen molar-refractivity contribution in [2.45, 2.75) is 45.7 Å². The van der Waals surface area contributed by atoms with Crippen molar-refractivity contribution in [2.24, 2.45) is 5.92 Å². The van der Waals surface area contributed by atoms with E-state index in [1.165, 1.54) is 0 Å². The average molecular weight is 356 g/mol. The summed E-state index contributed by atoms with van der Waals surface area (Å²) in [6.45, 7) is 3.25. The summed E-state index contributed by atoms with van der Waals surface area (Å²) in [4.78, 5) is 30.6. The predicted molar refractivity (Wildman–Crippen MR) is 94.7 cm³/mol. The summed E-state index contributed by atoms with van der Waals surface area (Å²) in [6, 6.07) is 7.49. The number of hydrogen-bond donors (Lipinski definition) is 1. The Morgan fingerprint density at radius 1 is 1.38 bits per heavy atom. The van der Waals surface area contributed by atoms with E-state index in [1.54, 1.807) is 11.1 Å². The molecule has 0 aromatic carbocycles. The Morgan fingerprint density at radius 2 is 2.27 bits per heavy atom. The summed E-state index contributed by atoms with van der Waals surface area (Å²) in [5.41, 5.74) is 1.73. The van der Waals surface area contributed by atoms with Crippen LogP contribution in [0.1, 0.15) is 43.3 Å². The lowest BCUT2D eigenvalue weighted by molar-refractivity contribution is -0.139. The largest absolute Gasteiger partial charge is 0.359 e. The van der Waals surface area contributed by atoms with Crippen molar-refractivity contribution in [1.82, 2.24) is 20.4 Å². The molecule has 2 aromatic rings. The van der Waals surface area contributed by atoms with Gasteiger partial charge in [0.05, 0.1) is 30.4 Å². The first-order chi connectivity index (χ1) is 12.7. The van der Waals surface area contributed by atoms with Gasteiger partial charge in [-0.05, 0) is 25.0 Å². The number of carbonyl (C=O) groups excluding carboxylic acids is 2. The Labute approximate surface area is 152 Å². The second-order valence-corrected chi connectivity index (χ2v) is 6.58. The molecule has 7 heteroatoms. The fraction of sp³-hybridized carbons (Fsp3) is 0.474. The van der Waals surface area contributed by atoms with Gasteiger partial charge in [-0.15, -0.1) is 0 Å². The molecule has 1 fully saturated rings. The molecule has 1 unspecified atom stereocenters. The van der Waals surface area contributed by atoms with Gasteiger partial charge < -0.3 is 14.7 Å². The number of carbonyl (C=O) groups is 2. The minimum Gasteiger partial charge on any atom is -0.359 e. The van der Waals surface area contributed by atoms with E-state index in [2.05, 4.69) is 22.4 Å². The molecule has 1 N–H and O–H groups in total. The lowest BCUT2D eigenvalue weighted by atomic mass is 9.96. The standard InChI is InChI=1S/C19H24N4O3/c1-2-5-15-10-17(26-22-15)11-21-19(25)14-7-8-18(24)23(12-14)13-16-6-3-4-9-20-16/h3-4,6,9-10,14H,2,5,7-8,11-13H2,1H3,(H,21,25). The molecule has 1 atom stereocenters. The molecule has 7 nitrogen and oxygen atoms in total. The smallest absolute Gasteiger partial charge is 0.225 e. The molecule has 2 amide bonds. The summed E-state index contributed by atoms with van der Waals surface area (Å²) in [6.07, 6.45) is 4.53. The molecular weight excluding hydrogens is 332 g/mol. The van der Waals surface area contributed by atoms with Crippen LogP contribution in [0.25, 0.3) is 0 Å². The van der Waals surface area contributed by atoms with E-state index >= 15 is 0 Å². The first-order valence-electron chi connectivity index (χ1n) is 9.05. The molecule has 0 radical (unpaired) electrons. The highest BCUT2D eigenvalue weighted by molar-refractivity contribution is 5.83. The molecule has 0 saturated carbocycles. The van der Waals surface area contributed by atoms with E-state index in [0.29, 0.717) is 38.2 Å². The molecule has 0 aliphatic carbocycles. The van der Waals surface area contributed by atoms with E-state index in [9.17, 15) is 9.59 Å². The number of hydrogen-bond acceptors (Lipinski definition) is 5. The van der Waals surface area contributed by atoms with Crippen LogP contribution >= 0.6 is 0 Å². The summed E-state index contributed by atoms with van der Waals surface area (Å²) in [5, 5.41) is 6.88. The van der Waals surface area contributed by atoms with Crippen molar-refractivity contribution in [3.05, 3.63) is 47.6 Å². The zero-order chi connectivity index (χ0) is 18.4. The molecule has 0 bridgehead atoms. The maximum atomic E-state index is 12.5. The van der Waals surface area contributed by atoms with Crippen molar-refractivity contribution in [2.75, 3.05) is 6.54 Å². The van der Waals surface area contributed by atoms with Gasteiger partial charge in [-0.2, -0.15) is 0 Å². The van der Waals surface area contributed by atoms with Gasteiger partial charge in [-0.1, -0.05) is 24.6 Å². The zero-order valence-corrected chi connectivity index (χ0v) is 15.0. The lowest BCUT2D eigenvalue weighted by Gasteiger charge is -2.31. The Morgan fingerprint density at radius 3 is 3.04 bits per heavy atom. The van der Waals surface area contributed by atoms with Gasteiger partial charge in [0.2, 0.25) is 11.8 Å². The van der Waals surface area contributed by atoms with Crippen LogP contribution in [0.5, 0.6) is 0 Å². The SMILES string of the molecule is CCCc1cc(CNC(=O)C2CCC(=O)N(Cc3ccccn3)C2)on1. The normalized spacial score (nSPS) is 17.3. The van der Waals surface area contributed by atoms with E-state index in [0.717, 1.165) is 24.2 Å². The van der Waals surface area contributed by atoms with Crippen molar-refractivity contribution >= 4 is 11.8 Å². The first-order valence-corrected chi connectivity index (χ1v) is 9.05. The number of pyridine rings is 1. The van der Waals surface area contributed by atoms with Gasteiger partial charge in [0.15, 0.2) is 5.76 Å². The van der Waals surface area contributed by atoms with E-state index in [4.69, 9.17) is 4.52 Å². The lowest BCUT2D eigenvalue weighted by Crippen LogP contribution is -2.45. The molecule has 1 aliphatic heterocycles. The van der Waals surface area contributed by atoms with Crippen LogP contribution in [0.4, 0.5) is 0 Å². The summed E-state index contributed by atoms with van der Waals surface area (Å²) < 4.78 is 5.23. The molecular formula is C19H24N4O3. The third-order valence-electron chi connectivity index (χ3n) is 4.50. The van der Waals surface area contributed by atoms with Gasteiger partial charge in [0, 0.05) is 25.2 Å². The van der Waals surface area contributed by atoms with Gasteiger partial charge in [-0.3, -0.25) is 14.6 Å². The van der Waals surface area contributed by atoms with Crippen molar-refractivity contribution in [3.8, 4) is 0 Å². The Bertz CT molecular complexity index is 744. The van der Waals surface area contributed by atoms with Gasteiger partial charge in [0.1, 0.15) is 0 Å². The molecule has 1 saturated heterocycles. The Hall–Kier alpha value is -2.70. The van der Waals surface area contributed by atoms with Crippen LogP contribution < -0.4 is 5.32 Å². The second-order valence-electron chi connectivity index (χ2n) is 6.58. The van der Waals surface area contributed by atoms with Crippen LogP contribution in [0, 0.1) is 5.92 Å². The van der Waals surface area contributed by atoms with Crippen molar-refractivity contribution in [1.29, 1.82) is 0 Å². The number of aromatic nitrogens is 2. The number of likely N-dealkylation sites (tertiary alicyclic amines) is 1. The molecule has 138 valence electrons. The highest BCUT2D eigenvalue weighted by Gasteiger charge is 2.30. The quantitative estimate of drug-likeness (QED) is 0.820. The number of rotatable bonds is 7. The Balaban J connectivity index is 1.52. The summed E-state index contributed by atoms with van der Waals surface area (Å²) in [5.74, 6) is 0.449. The van der Waals surface area contributed by atoms with Crippen molar-refractivity contribution in [3.63, 3.8) is 0 Å². The number of nitrogens with zero attached hydrogens (tertiary/aromatic N) is 3. The number of amides is 2. The second kappa shape index (κ2) is 8.60. The third-order valence-corrected chi connectivity index (χ3v) is 4.50. The zero-order valence-electron chi connectivity index (χ0n) is 15.0. The molecule has 26 heavy (non-hydrogen) atoms. The fourth-order valence-corrected chi connectivity index (χ4v) is 3.10. The molecule has 3 heterocycles. The maximum absolute atomic E-state index is 12.5. The minimum atomic E-state index is -0.213. The fourth-order valence-electron chi connectivity index (χ4n) is 3.10. The topological polar surface area (TPSA) is 88.3 Å². The highest BCUT2D eigenvalue weighted by atomic mass is 16.5. The highest BCUT2D eigenvalue weighted by Crippen LogP contribution is 2.20. The number of nitrogens with one attached hydrogen (secondary N) is 1. The predicted octanol–water partition coefficient (Wildman–Crippen LogP) is 2.08. The third kappa shape index (κ3) is 4.68. The molecule has 1 aliphatic rings. The van der Waals surface area contributed by atoms with Crippen LogP contribution in [0.3, 0.4) is 0 Å². The molecule has 2 aromatic heterocycles. The molecule has 3 rings (SSSR count). The van der Waals surface area contributed by atoms with E-state index < -0.39 is 0 Å². The van der Waals surface area contributed by atoms with Crippen LogP contribution in [0.2, 0.25) is 0 Å². The van der Waals surface area contributed by atoms with E-state index in [1.807, 2.05) is 24.3 Å². The van der Waals surface area contributed by atoms with Crippen LogP contribution in [-0.2, 0) is 29.1 Å². The van der Waals surface area contributed by atoms with E-state index in [-0.39, 0.29) is 17.7 Å². The number of aryl methyl sites for hydroxylation is 1. The summed E-state index contributed by atoms with van der Waals surface area (Å²) in [7, 11) is 0. The van der Waals surface area contributed by atoms with Crippen molar-refractivity contribution < 1.29 is 14.1 Å². The molecule has 0 spiro atoms. The van der Waals surface area contributed by atoms with Gasteiger partial charge >= 0.3 is 0 Å². The van der Waals surface area contributed by atoms with Gasteiger partial charge in [-0.25, -0.2) is 0 Å². The summed E-state index contributed by atoms with van der Waals surface area (Å²) >= 11 is 0.